The zero-order chi connectivity index (χ0) is 17.6. The van der Waals surface area contributed by atoms with Crippen molar-refractivity contribution in [2.45, 2.75) is 32.9 Å². The number of anilines is 2. The standard InChI is InChI=1S/C19H24N2O3/c1-19(2,3)24-18(22)21-16-9-7-15(8-10-16)20-13-14-5-11-17(23-4)12-6-14/h5-12,20H,13H2,1-4H3,(H,21,22). The van der Waals surface area contributed by atoms with Crippen molar-refractivity contribution in [1.82, 2.24) is 0 Å². The Morgan fingerprint density at radius 3 is 2.08 bits per heavy atom. The third-order valence-electron chi connectivity index (χ3n) is 3.19. The van der Waals surface area contributed by atoms with E-state index in [1.165, 1.54) is 0 Å². The fraction of sp³-hybridized carbons (Fsp3) is 0.316. The summed E-state index contributed by atoms with van der Waals surface area (Å²) in [4.78, 5) is 11.7. The Morgan fingerprint density at radius 1 is 0.958 bits per heavy atom. The first kappa shape index (κ1) is 17.7. The molecular weight excluding hydrogens is 304 g/mol. The number of nitrogens with one attached hydrogen (secondary N) is 2. The van der Waals surface area contributed by atoms with Crippen LogP contribution in [-0.2, 0) is 11.3 Å². The van der Waals surface area contributed by atoms with Crippen molar-refractivity contribution in [2.24, 2.45) is 0 Å². The molecule has 0 saturated heterocycles. The highest BCUT2D eigenvalue weighted by molar-refractivity contribution is 5.85. The Bertz CT molecular complexity index is 659. The van der Waals surface area contributed by atoms with Crippen LogP contribution in [0.3, 0.4) is 0 Å². The van der Waals surface area contributed by atoms with Crippen molar-refractivity contribution in [3.63, 3.8) is 0 Å². The maximum absolute atomic E-state index is 11.7. The van der Waals surface area contributed by atoms with Gasteiger partial charge in [0.1, 0.15) is 11.4 Å². The van der Waals surface area contributed by atoms with Crippen molar-refractivity contribution in [3.8, 4) is 5.75 Å². The normalized spacial score (nSPS) is 10.8. The van der Waals surface area contributed by atoms with Crippen LogP contribution in [0.1, 0.15) is 26.3 Å². The highest BCUT2D eigenvalue weighted by Crippen LogP contribution is 2.17. The summed E-state index contributed by atoms with van der Waals surface area (Å²) in [5, 5.41) is 6.04. The fourth-order valence-corrected chi connectivity index (χ4v) is 2.04. The lowest BCUT2D eigenvalue weighted by molar-refractivity contribution is 0.0636. The van der Waals surface area contributed by atoms with Gasteiger partial charge in [0.2, 0.25) is 0 Å². The van der Waals surface area contributed by atoms with Gasteiger partial charge in [-0.05, 0) is 62.7 Å². The molecule has 0 aliphatic heterocycles. The van der Waals surface area contributed by atoms with Crippen LogP contribution in [0, 0.1) is 0 Å². The number of carbonyl (C=O) groups excluding carboxylic acids is 1. The van der Waals surface area contributed by atoms with Crippen molar-refractivity contribution < 1.29 is 14.3 Å². The summed E-state index contributed by atoms with van der Waals surface area (Å²) >= 11 is 0. The molecule has 0 aliphatic carbocycles. The van der Waals surface area contributed by atoms with Gasteiger partial charge in [-0.1, -0.05) is 12.1 Å². The highest BCUT2D eigenvalue weighted by Gasteiger charge is 2.15. The van der Waals surface area contributed by atoms with Gasteiger partial charge in [-0.3, -0.25) is 5.32 Å². The first-order valence-electron chi connectivity index (χ1n) is 7.82. The second-order valence-electron chi connectivity index (χ2n) is 6.41. The minimum atomic E-state index is -0.510. The molecule has 0 atom stereocenters. The molecule has 0 saturated carbocycles. The molecule has 0 radical (unpaired) electrons. The number of hydrogen-bond donors (Lipinski definition) is 2. The van der Waals surface area contributed by atoms with Gasteiger partial charge < -0.3 is 14.8 Å². The predicted molar refractivity (Wildman–Crippen MR) is 96.6 cm³/mol. The van der Waals surface area contributed by atoms with Crippen molar-refractivity contribution in [3.05, 3.63) is 54.1 Å². The van der Waals surface area contributed by atoms with Crippen LogP contribution in [0.15, 0.2) is 48.5 Å². The number of rotatable bonds is 5. The van der Waals surface area contributed by atoms with Gasteiger partial charge in [-0.15, -0.1) is 0 Å². The summed E-state index contributed by atoms with van der Waals surface area (Å²) in [6, 6.07) is 15.4. The predicted octanol–water partition coefficient (Wildman–Crippen LogP) is 4.65. The van der Waals surface area contributed by atoms with Crippen LogP contribution in [-0.4, -0.2) is 18.8 Å². The van der Waals surface area contributed by atoms with E-state index in [-0.39, 0.29) is 0 Å². The van der Waals surface area contributed by atoms with Crippen molar-refractivity contribution in [1.29, 1.82) is 0 Å². The molecule has 5 heteroatoms. The maximum atomic E-state index is 11.7. The van der Waals surface area contributed by atoms with E-state index in [1.807, 2.05) is 69.3 Å². The van der Waals surface area contributed by atoms with Crippen LogP contribution in [0.25, 0.3) is 0 Å². The Kier molecular flexibility index (Phi) is 5.68. The number of methoxy groups -OCH3 is 1. The van der Waals surface area contributed by atoms with Gasteiger partial charge in [0.05, 0.1) is 7.11 Å². The van der Waals surface area contributed by atoms with E-state index in [0.717, 1.165) is 17.0 Å². The van der Waals surface area contributed by atoms with Crippen LogP contribution < -0.4 is 15.4 Å². The first-order valence-corrected chi connectivity index (χ1v) is 7.82. The maximum Gasteiger partial charge on any atom is 0.412 e. The summed E-state index contributed by atoms with van der Waals surface area (Å²) in [5.74, 6) is 0.844. The number of benzene rings is 2. The Balaban J connectivity index is 1.86. The molecule has 0 aromatic heterocycles. The molecule has 0 unspecified atom stereocenters. The van der Waals surface area contributed by atoms with E-state index in [1.54, 1.807) is 7.11 Å². The molecule has 2 N–H and O–H groups in total. The molecule has 2 rings (SSSR count). The molecule has 5 nitrogen and oxygen atoms in total. The number of ether oxygens (including phenoxy) is 2. The summed E-state index contributed by atoms with van der Waals surface area (Å²) in [6.45, 7) is 6.21. The molecule has 0 bridgehead atoms. The summed E-state index contributed by atoms with van der Waals surface area (Å²) in [7, 11) is 1.65. The highest BCUT2D eigenvalue weighted by atomic mass is 16.6. The van der Waals surface area contributed by atoms with Gasteiger partial charge in [-0.2, -0.15) is 0 Å². The average Bonchev–Trinajstić information content (AvgIpc) is 2.53. The van der Waals surface area contributed by atoms with E-state index in [2.05, 4.69) is 10.6 Å². The van der Waals surface area contributed by atoms with Crippen molar-refractivity contribution >= 4 is 17.5 Å². The summed E-state index contributed by atoms with van der Waals surface area (Å²) < 4.78 is 10.4. The Hall–Kier alpha value is -2.69. The molecule has 24 heavy (non-hydrogen) atoms. The molecule has 0 fully saturated rings. The fourth-order valence-electron chi connectivity index (χ4n) is 2.04. The second-order valence-corrected chi connectivity index (χ2v) is 6.41. The second kappa shape index (κ2) is 7.73. The third-order valence-corrected chi connectivity index (χ3v) is 3.19. The molecule has 0 heterocycles. The van der Waals surface area contributed by atoms with Crippen molar-refractivity contribution in [2.75, 3.05) is 17.7 Å². The van der Waals surface area contributed by atoms with Gasteiger partial charge in [-0.25, -0.2) is 4.79 Å². The lowest BCUT2D eigenvalue weighted by Crippen LogP contribution is -2.27. The topological polar surface area (TPSA) is 59.6 Å². The zero-order valence-electron chi connectivity index (χ0n) is 14.6. The Labute approximate surface area is 143 Å². The third kappa shape index (κ3) is 5.83. The van der Waals surface area contributed by atoms with E-state index in [4.69, 9.17) is 9.47 Å². The first-order chi connectivity index (χ1) is 11.4. The minimum Gasteiger partial charge on any atom is -0.497 e. The monoisotopic (exact) mass is 328 g/mol. The SMILES string of the molecule is COc1ccc(CNc2ccc(NC(=O)OC(C)(C)C)cc2)cc1. The quantitative estimate of drug-likeness (QED) is 0.838. The van der Waals surface area contributed by atoms with E-state index >= 15 is 0 Å². The minimum absolute atomic E-state index is 0.457. The molecule has 128 valence electrons. The van der Waals surface area contributed by atoms with E-state index < -0.39 is 11.7 Å². The van der Waals surface area contributed by atoms with Gasteiger partial charge in [0.15, 0.2) is 0 Å². The van der Waals surface area contributed by atoms with Crippen LogP contribution >= 0.6 is 0 Å². The molecular formula is C19H24N2O3. The molecule has 0 aliphatic rings. The lowest BCUT2D eigenvalue weighted by Gasteiger charge is -2.19. The van der Waals surface area contributed by atoms with Gasteiger partial charge >= 0.3 is 6.09 Å². The van der Waals surface area contributed by atoms with Gasteiger partial charge in [0, 0.05) is 17.9 Å². The van der Waals surface area contributed by atoms with Gasteiger partial charge in [0.25, 0.3) is 0 Å². The van der Waals surface area contributed by atoms with Crippen LogP contribution in [0.2, 0.25) is 0 Å². The zero-order valence-corrected chi connectivity index (χ0v) is 14.6. The number of hydrogen-bond acceptors (Lipinski definition) is 4. The largest absolute Gasteiger partial charge is 0.497 e. The van der Waals surface area contributed by atoms with Crippen LogP contribution in [0.5, 0.6) is 5.75 Å². The molecule has 2 aromatic rings. The van der Waals surface area contributed by atoms with Crippen LogP contribution in [0.4, 0.5) is 16.2 Å². The lowest BCUT2D eigenvalue weighted by atomic mass is 10.2. The number of amides is 1. The molecule has 1 amide bonds. The van der Waals surface area contributed by atoms with E-state index in [0.29, 0.717) is 12.2 Å². The number of carbonyl (C=O) groups is 1. The summed E-state index contributed by atoms with van der Waals surface area (Å²) in [5.41, 5.74) is 2.32. The Morgan fingerprint density at radius 2 is 1.54 bits per heavy atom. The molecule has 0 spiro atoms. The van der Waals surface area contributed by atoms with E-state index in [9.17, 15) is 4.79 Å². The summed E-state index contributed by atoms with van der Waals surface area (Å²) in [6.07, 6.45) is -0.457. The average molecular weight is 328 g/mol. The smallest absolute Gasteiger partial charge is 0.412 e. The molecule has 2 aromatic carbocycles.